The van der Waals surface area contributed by atoms with Gasteiger partial charge in [0, 0.05) is 13.0 Å². The lowest BCUT2D eigenvalue weighted by Crippen LogP contribution is -2.41. The quantitative estimate of drug-likeness (QED) is 0.333. The summed E-state index contributed by atoms with van der Waals surface area (Å²) in [5, 5.41) is 3.98. The molecule has 8 nitrogen and oxygen atoms in total. The summed E-state index contributed by atoms with van der Waals surface area (Å²) in [5.74, 6) is 4.76. The summed E-state index contributed by atoms with van der Waals surface area (Å²) in [5.41, 5.74) is 2.26. The molecular weight excluding hydrogens is 300 g/mol. The summed E-state index contributed by atoms with van der Waals surface area (Å²) in [6, 6.07) is -0.0336. The van der Waals surface area contributed by atoms with Crippen molar-refractivity contribution < 1.29 is 19.2 Å². The van der Waals surface area contributed by atoms with E-state index >= 15 is 0 Å². The van der Waals surface area contributed by atoms with E-state index in [9.17, 15) is 9.59 Å². The van der Waals surface area contributed by atoms with Gasteiger partial charge in [-0.05, 0) is 47.0 Å². The molecule has 1 fully saturated rings. The topological polar surface area (TPSA) is 106 Å². The van der Waals surface area contributed by atoms with Gasteiger partial charge >= 0.3 is 6.09 Å². The number of rotatable bonds is 6. The van der Waals surface area contributed by atoms with E-state index in [0.29, 0.717) is 25.3 Å². The minimum Gasteiger partial charge on any atom is -0.444 e. The summed E-state index contributed by atoms with van der Waals surface area (Å²) in [6.07, 6.45) is 2.21. The first kappa shape index (κ1) is 19.2. The molecule has 1 saturated heterocycles. The van der Waals surface area contributed by atoms with Gasteiger partial charge in [0.25, 0.3) is 0 Å². The van der Waals surface area contributed by atoms with Crippen molar-refractivity contribution in [1.29, 1.82) is 0 Å². The highest BCUT2D eigenvalue weighted by atomic mass is 16.6. The maximum Gasteiger partial charge on any atom is 0.410 e. The molecule has 0 bridgehead atoms. The predicted molar refractivity (Wildman–Crippen MR) is 86.6 cm³/mol. The highest BCUT2D eigenvalue weighted by molar-refractivity contribution is 5.86. The Balaban J connectivity index is 2.41. The van der Waals surface area contributed by atoms with E-state index < -0.39 is 5.60 Å². The Labute approximate surface area is 137 Å². The number of carbonyl (C=O) groups excluding carboxylic acids is 2. The van der Waals surface area contributed by atoms with Gasteiger partial charge in [0.05, 0.1) is 11.8 Å². The molecule has 1 rings (SSSR count). The van der Waals surface area contributed by atoms with E-state index in [2.05, 4.69) is 10.6 Å². The number of carbonyl (C=O) groups is 2. The Hall–Kier alpha value is -1.83. The van der Waals surface area contributed by atoms with Gasteiger partial charge in [0.2, 0.25) is 5.91 Å². The normalized spacial score (nSPS) is 18.7. The van der Waals surface area contributed by atoms with Crippen molar-refractivity contribution in [2.24, 2.45) is 11.0 Å². The van der Waals surface area contributed by atoms with Gasteiger partial charge in [0.15, 0.2) is 0 Å². The lowest BCUT2D eigenvalue weighted by Gasteiger charge is -2.28. The molecule has 0 aromatic rings. The number of likely N-dealkylation sites (tertiary alicyclic amines) is 1. The molecule has 0 aliphatic carbocycles. The molecule has 0 aromatic carbocycles. The van der Waals surface area contributed by atoms with Crippen molar-refractivity contribution in [3.8, 4) is 0 Å². The van der Waals surface area contributed by atoms with Crippen molar-refractivity contribution in [3.05, 3.63) is 0 Å². The molecule has 0 saturated carbocycles. The number of hydrazine groups is 1. The number of hydrogen-bond donors (Lipinski definition) is 2. The molecule has 1 unspecified atom stereocenters. The molecule has 1 aliphatic rings. The van der Waals surface area contributed by atoms with Crippen molar-refractivity contribution in [3.63, 3.8) is 0 Å². The molecule has 1 aliphatic heterocycles. The number of nitrogens with one attached hydrogen (secondary N) is 1. The lowest BCUT2D eigenvalue weighted by molar-refractivity contribution is -0.121. The fourth-order valence-electron chi connectivity index (χ4n) is 2.22. The summed E-state index contributed by atoms with van der Waals surface area (Å²) in [7, 11) is 0. The Morgan fingerprint density at radius 3 is 2.65 bits per heavy atom. The van der Waals surface area contributed by atoms with E-state index in [1.54, 1.807) is 11.8 Å². The maximum atomic E-state index is 12.1. The minimum absolute atomic E-state index is 0.0336. The van der Waals surface area contributed by atoms with Crippen LogP contribution in [-0.2, 0) is 14.4 Å². The van der Waals surface area contributed by atoms with Gasteiger partial charge in [0.1, 0.15) is 12.2 Å². The average molecular weight is 328 g/mol. The number of oxime groups is 1. The molecule has 1 atom stereocenters. The second kappa shape index (κ2) is 8.71. The third kappa shape index (κ3) is 7.32. The maximum absolute atomic E-state index is 12.1. The standard InChI is InChI=1S/C15H28N4O4/c1-11(7-8-13(20)17-16)18-22-10-12-6-5-9-19(12)14(21)23-15(2,3)4/h12H,5-10,16H2,1-4H3,(H,17,20)/b18-11-. The van der Waals surface area contributed by atoms with Crippen LogP contribution in [0.4, 0.5) is 4.79 Å². The van der Waals surface area contributed by atoms with Crippen LogP contribution in [0.15, 0.2) is 5.16 Å². The lowest BCUT2D eigenvalue weighted by atomic mass is 10.2. The summed E-state index contributed by atoms with van der Waals surface area (Å²) in [4.78, 5) is 30.2. The molecule has 0 aromatic heterocycles. The largest absolute Gasteiger partial charge is 0.444 e. The van der Waals surface area contributed by atoms with Crippen LogP contribution < -0.4 is 11.3 Å². The Bertz CT molecular complexity index is 445. The Kier molecular flexibility index (Phi) is 7.28. The van der Waals surface area contributed by atoms with Crippen LogP contribution in [0, 0.1) is 0 Å². The van der Waals surface area contributed by atoms with E-state index in [-0.39, 0.29) is 24.5 Å². The Morgan fingerprint density at radius 1 is 1.35 bits per heavy atom. The van der Waals surface area contributed by atoms with Crippen LogP contribution in [0.2, 0.25) is 0 Å². The molecule has 3 N–H and O–H groups in total. The monoisotopic (exact) mass is 328 g/mol. The zero-order valence-corrected chi connectivity index (χ0v) is 14.4. The molecule has 132 valence electrons. The first-order chi connectivity index (χ1) is 10.7. The molecule has 0 spiro atoms. The second-order valence-corrected chi connectivity index (χ2v) is 6.66. The van der Waals surface area contributed by atoms with Crippen LogP contribution in [0.1, 0.15) is 53.4 Å². The van der Waals surface area contributed by atoms with E-state index in [1.807, 2.05) is 20.8 Å². The predicted octanol–water partition coefficient (Wildman–Crippen LogP) is 1.55. The van der Waals surface area contributed by atoms with E-state index in [0.717, 1.165) is 12.8 Å². The van der Waals surface area contributed by atoms with Crippen LogP contribution in [0.25, 0.3) is 0 Å². The summed E-state index contributed by atoms with van der Waals surface area (Å²) in [6.45, 7) is 8.30. The summed E-state index contributed by atoms with van der Waals surface area (Å²) < 4.78 is 5.40. The van der Waals surface area contributed by atoms with Crippen molar-refractivity contribution >= 4 is 17.7 Å². The first-order valence-electron chi connectivity index (χ1n) is 7.87. The van der Waals surface area contributed by atoms with Crippen molar-refractivity contribution in [1.82, 2.24) is 10.3 Å². The van der Waals surface area contributed by atoms with E-state index in [4.69, 9.17) is 15.4 Å². The smallest absolute Gasteiger partial charge is 0.410 e. The fourth-order valence-corrected chi connectivity index (χ4v) is 2.22. The zero-order chi connectivity index (χ0) is 17.5. The molecular formula is C15H28N4O4. The van der Waals surface area contributed by atoms with Crippen molar-refractivity contribution in [2.75, 3.05) is 13.2 Å². The Morgan fingerprint density at radius 2 is 2.04 bits per heavy atom. The van der Waals surface area contributed by atoms with Crippen LogP contribution in [0.5, 0.6) is 0 Å². The molecule has 2 amide bonds. The highest BCUT2D eigenvalue weighted by Crippen LogP contribution is 2.21. The van der Waals surface area contributed by atoms with Crippen LogP contribution in [-0.4, -0.2) is 47.4 Å². The summed E-state index contributed by atoms with van der Waals surface area (Å²) >= 11 is 0. The zero-order valence-electron chi connectivity index (χ0n) is 14.4. The van der Waals surface area contributed by atoms with E-state index in [1.165, 1.54) is 0 Å². The SMILES string of the molecule is C/C(CCC(=O)NN)=N/OCC1CCCN1C(=O)OC(C)(C)C. The number of nitrogens with two attached hydrogens (primary N) is 1. The first-order valence-corrected chi connectivity index (χ1v) is 7.87. The van der Waals surface area contributed by atoms with Crippen LogP contribution in [0.3, 0.4) is 0 Å². The molecule has 1 heterocycles. The van der Waals surface area contributed by atoms with Gasteiger partial charge < -0.3 is 14.5 Å². The van der Waals surface area contributed by atoms with Gasteiger partial charge in [-0.1, -0.05) is 5.16 Å². The van der Waals surface area contributed by atoms with Gasteiger partial charge in [-0.25, -0.2) is 10.6 Å². The molecule has 0 radical (unpaired) electrons. The van der Waals surface area contributed by atoms with Gasteiger partial charge in [-0.2, -0.15) is 0 Å². The van der Waals surface area contributed by atoms with Gasteiger partial charge in [-0.15, -0.1) is 0 Å². The van der Waals surface area contributed by atoms with Gasteiger partial charge in [-0.3, -0.25) is 10.2 Å². The third-order valence-corrected chi connectivity index (χ3v) is 3.37. The number of ether oxygens (including phenoxy) is 1. The number of amides is 2. The fraction of sp³-hybridized carbons (Fsp3) is 0.800. The average Bonchev–Trinajstić information content (AvgIpc) is 2.91. The number of nitrogens with zero attached hydrogens (tertiary/aromatic N) is 2. The van der Waals surface area contributed by atoms with Crippen molar-refractivity contribution in [2.45, 2.75) is 65.0 Å². The molecule has 8 heteroatoms. The van der Waals surface area contributed by atoms with Crippen LogP contribution >= 0.6 is 0 Å². The third-order valence-electron chi connectivity index (χ3n) is 3.37. The minimum atomic E-state index is -0.511. The second-order valence-electron chi connectivity index (χ2n) is 6.66. The highest BCUT2D eigenvalue weighted by Gasteiger charge is 2.32. The molecule has 23 heavy (non-hydrogen) atoms. The number of hydrogen-bond acceptors (Lipinski definition) is 6.